The Morgan fingerprint density at radius 1 is 1.50 bits per heavy atom. The zero-order valence-electron chi connectivity index (χ0n) is 7.23. The summed E-state index contributed by atoms with van der Waals surface area (Å²) in [6.07, 6.45) is -3.10. The quantitative estimate of drug-likeness (QED) is 0.618. The normalized spacial score (nSPS) is 11.5. The molecule has 0 atom stereocenters. The van der Waals surface area contributed by atoms with Crippen LogP contribution in [-0.2, 0) is 6.18 Å². The van der Waals surface area contributed by atoms with Crippen LogP contribution in [0.4, 0.5) is 13.2 Å². The first-order valence-electron chi connectivity index (χ1n) is 3.80. The van der Waals surface area contributed by atoms with Crippen molar-refractivity contribution < 1.29 is 17.9 Å². The summed E-state index contributed by atoms with van der Waals surface area (Å²) in [5.41, 5.74) is -0.760. The molecule has 0 aliphatic carbocycles. The average molecular weight is 317 g/mol. The zero-order valence-corrected chi connectivity index (χ0v) is 9.39. The third kappa shape index (κ3) is 2.73. The number of hydrogen-bond donors (Lipinski definition) is 0. The molecule has 0 bridgehead atoms. The topological polar surface area (TPSA) is 22.1 Å². The second kappa shape index (κ2) is 4.33. The lowest BCUT2D eigenvalue weighted by atomic mass is 10.3. The highest BCUT2D eigenvalue weighted by atomic mass is 127. The number of ether oxygens (including phenoxy) is 1. The average Bonchev–Trinajstić information content (AvgIpc) is 2.07. The molecule has 1 aromatic rings. The van der Waals surface area contributed by atoms with Gasteiger partial charge in [0.2, 0.25) is 0 Å². The maximum atomic E-state index is 12.4. The van der Waals surface area contributed by atoms with Gasteiger partial charge in [0, 0.05) is 0 Å². The number of rotatable bonds is 2. The van der Waals surface area contributed by atoms with Gasteiger partial charge in [0.25, 0.3) is 0 Å². The minimum Gasteiger partial charge on any atom is -0.492 e. The molecule has 0 radical (unpaired) electrons. The van der Waals surface area contributed by atoms with Gasteiger partial charge in [-0.05, 0) is 35.6 Å². The van der Waals surface area contributed by atoms with Crippen molar-refractivity contribution in [2.24, 2.45) is 0 Å². The molecule has 0 aliphatic heterocycles. The highest BCUT2D eigenvalue weighted by Gasteiger charge is 2.34. The summed E-state index contributed by atoms with van der Waals surface area (Å²) in [5, 5.41) is 0. The lowest BCUT2D eigenvalue weighted by Gasteiger charge is -2.10. The van der Waals surface area contributed by atoms with Crippen LogP contribution in [0.2, 0.25) is 0 Å². The maximum Gasteiger partial charge on any atom is 0.419 e. The fourth-order valence-corrected chi connectivity index (χ4v) is 1.47. The first-order valence-corrected chi connectivity index (χ1v) is 4.88. The molecule has 1 heterocycles. The van der Waals surface area contributed by atoms with Gasteiger partial charge in [-0.25, -0.2) is 4.98 Å². The number of halogens is 4. The number of alkyl halides is 3. The van der Waals surface area contributed by atoms with E-state index in [0.29, 0.717) is 6.61 Å². The minimum absolute atomic E-state index is 0.0708. The lowest BCUT2D eigenvalue weighted by Crippen LogP contribution is -2.09. The van der Waals surface area contributed by atoms with Gasteiger partial charge < -0.3 is 4.74 Å². The summed E-state index contributed by atoms with van der Waals surface area (Å²) in [4.78, 5) is 3.61. The number of aromatic nitrogens is 1. The molecule has 0 aromatic carbocycles. The van der Waals surface area contributed by atoms with Crippen molar-refractivity contribution in [1.82, 2.24) is 4.98 Å². The highest BCUT2D eigenvalue weighted by molar-refractivity contribution is 14.1. The molecule has 0 saturated heterocycles. The molecule has 0 aliphatic rings. The van der Waals surface area contributed by atoms with Gasteiger partial charge in [0.1, 0.15) is 9.45 Å². The third-order valence-electron chi connectivity index (χ3n) is 1.43. The van der Waals surface area contributed by atoms with Gasteiger partial charge in [-0.3, -0.25) is 0 Å². The Morgan fingerprint density at radius 2 is 2.14 bits per heavy atom. The summed E-state index contributed by atoms with van der Waals surface area (Å²) in [5.74, 6) is 0.139. The van der Waals surface area contributed by atoms with Gasteiger partial charge in [-0.15, -0.1) is 0 Å². The standard InChI is InChI=1S/C8H7F3INO/c1-2-14-5-3-6(8(9,10)11)7(12)13-4-5/h3-4H,2H2,1H3. The monoisotopic (exact) mass is 317 g/mol. The van der Waals surface area contributed by atoms with Crippen LogP contribution < -0.4 is 4.74 Å². The summed E-state index contributed by atoms with van der Waals surface area (Å²) < 4.78 is 42.0. The van der Waals surface area contributed by atoms with E-state index < -0.39 is 11.7 Å². The Hall–Kier alpha value is -0.530. The summed E-state index contributed by atoms with van der Waals surface area (Å²) in [6.45, 7) is 2.02. The second-order valence-corrected chi connectivity index (χ2v) is 3.46. The zero-order chi connectivity index (χ0) is 10.8. The van der Waals surface area contributed by atoms with Crippen molar-refractivity contribution in [3.8, 4) is 5.75 Å². The van der Waals surface area contributed by atoms with Crippen LogP contribution in [-0.4, -0.2) is 11.6 Å². The molecule has 1 aromatic heterocycles. The first-order chi connectivity index (χ1) is 6.45. The smallest absolute Gasteiger partial charge is 0.419 e. The van der Waals surface area contributed by atoms with Crippen LogP contribution in [0, 0.1) is 3.70 Å². The maximum absolute atomic E-state index is 12.4. The van der Waals surface area contributed by atoms with Gasteiger partial charge in [-0.1, -0.05) is 0 Å². The van der Waals surface area contributed by atoms with E-state index in [0.717, 1.165) is 6.07 Å². The van der Waals surface area contributed by atoms with E-state index in [1.165, 1.54) is 6.20 Å². The molecule has 0 fully saturated rings. The molecule has 78 valence electrons. The Morgan fingerprint density at radius 3 is 2.64 bits per heavy atom. The molecule has 14 heavy (non-hydrogen) atoms. The third-order valence-corrected chi connectivity index (χ3v) is 2.29. The number of nitrogens with zero attached hydrogens (tertiary/aromatic N) is 1. The molecule has 0 amide bonds. The molecular weight excluding hydrogens is 310 g/mol. The van der Waals surface area contributed by atoms with E-state index in [-0.39, 0.29) is 9.45 Å². The predicted octanol–water partition coefficient (Wildman–Crippen LogP) is 3.10. The predicted molar refractivity (Wildman–Crippen MR) is 53.1 cm³/mol. The van der Waals surface area contributed by atoms with Crippen LogP contribution in [0.3, 0.4) is 0 Å². The minimum atomic E-state index is -4.38. The lowest BCUT2D eigenvalue weighted by molar-refractivity contribution is -0.138. The molecule has 6 heteroatoms. The van der Waals surface area contributed by atoms with Gasteiger partial charge in [0.15, 0.2) is 0 Å². The molecule has 0 unspecified atom stereocenters. The number of hydrogen-bond acceptors (Lipinski definition) is 2. The first kappa shape index (κ1) is 11.5. The van der Waals surface area contributed by atoms with Crippen LogP contribution in [0.25, 0.3) is 0 Å². The Labute approximate surface area is 92.6 Å². The Bertz CT molecular complexity index is 327. The van der Waals surface area contributed by atoms with Gasteiger partial charge in [0.05, 0.1) is 18.4 Å². The van der Waals surface area contributed by atoms with Crippen molar-refractivity contribution >= 4 is 22.6 Å². The van der Waals surface area contributed by atoms with Crippen molar-refractivity contribution in [3.05, 3.63) is 21.5 Å². The van der Waals surface area contributed by atoms with Crippen LogP contribution >= 0.6 is 22.6 Å². The van der Waals surface area contributed by atoms with Crippen LogP contribution in [0.1, 0.15) is 12.5 Å². The van der Waals surface area contributed by atoms with Crippen LogP contribution in [0.15, 0.2) is 12.3 Å². The van der Waals surface area contributed by atoms with E-state index in [1.807, 2.05) is 0 Å². The van der Waals surface area contributed by atoms with Crippen molar-refractivity contribution in [2.75, 3.05) is 6.61 Å². The molecule has 0 spiro atoms. The Balaban J connectivity index is 3.09. The summed E-state index contributed by atoms with van der Waals surface area (Å²) in [7, 11) is 0. The van der Waals surface area contributed by atoms with Crippen molar-refractivity contribution in [3.63, 3.8) is 0 Å². The summed E-state index contributed by atoms with van der Waals surface area (Å²) in [6, 6.07) is 0.957. The largest absolute Gasteiger partial charge is 0.492 e. The number of pyridine rings is 1. The van der Waals surface area contributed by atoms with E-state index in [1.54, 1.807) is 29.5 Å². The van der Waals surface area contributed by atoms with Crippen LogP contribution in [0.5, 0.6) is 5.75 Å². The van der Waals surface area contributed by atoms with Crippen molar-refractivity contribution in [2.45, 2.75) is 13.1 Å². The van der Waals surface area contributed by atoms with Gasteiger partial charge >= 0.3 is 6.18 Å². The van der Waals surface area contributed by atoms with E-state index in [9.17, 15) is 13.2 Å². The van der Waals surface area contributed by atoms with E-state index >= 15 is 0 Å². The van der Waals surface area contributed by atoms with Gasteiger partial charge in [-0.2, -0.15) is 13.2 Å². The van der Waals surface area contributed by atoms with E-state index in [2.05, 4.69) is 4.98 Å². The fourth-order valence-electron chi connectivity index (χ4n) is 0.873. The SMILES string of the molecule is CCOc1cnc(I)c(C(F)(F)F)c1. The molecule has 0 saturated carbocycles. The molecule has 2 nitrogen and oxygen atoms in total. The molecule has 0 N–H and O–H groups in total. The molecular formula is C8H7F3INO. The Kier molecular flexibility index (Phi) is 3.57. The highest BCUT2D eigenvalue weighted by Crippen LogP contribution is 2.33. The fraction of sp³-hybridized carbons (Fsp3) is 0.375. The summed E-state index contributed by atoms with van der Waals surface area (Å²) >= 11 is 1.54. The molecule has 1 rings (SSSR count). The second-order valence-electron chi connectivity index (χ2n) is 2.44. The van der Waals surface area contributed by atoms with E-state index in [4.69, 9.17) is 4.74 Å². The van der Waals surface area contributed by atoms with Crippen molar-refractivity contribution in [1.29, 1.82) is 0 Å².